The van der Waals surface area contributed by atoms with Crippen molar-refractivity contribution in [2.24, 2.45) is 0 Å². The number of aliphatic hydroxyl groups excluding tert-OH is 1. The van der Waals surface area contributed by atoms with Crippen LogP contribution in [0.5, 0.6) is 0 Å². The smallest absolute Gasteiger partial charge is 0.243 e. The molecule has 0 radical (unpaired) electrons. The first-order valence-corrected chi connectivity index (χ1v) is 10.00. The molecule has 1 heterocycles. The first-order valence-electron chi connectivity index (χ1n) is 8.18. The topological polar surface area (TPSA) is 60.9 Å². The lowest BCUT2D eigenvalue weighted by molar-refractivity contribution is 0.0921. The van der Waals surface area contributed by atoms with Crippen LogP contribution in [0.4, 0.5) is 0 Å². The van der Waals surface area contributed by atoms with E-state index in [1.807, 2.05) is 12.1 Å². The van der Waals surface area contributed by atoms with Crippen LogP contribution in [0.15, 0.2) is 59.5 Å². The monoisotopic (exact) mass is 380 g/mol. The van der Waals surface area contributed by atoms with Crippen LogP contribution in [0.1, 0.15) is 11.7 Å². The summed E-state index contributed by atoms with van der Waals surface area (Å²) < 4.78 is 26.7. The molecule has 1 aliphatic rings. The highest BCUT2D eigenvalue weighted by Crippen LogP contribution is 2.20. The summed E-state index contributed by atoms with van der Waals surface area (Å²) in [5.74, 6) is 0. The van der Waals surface area contributed by atoms with Crippen LogP contribution >= 0.6 is 11.6 Å². The first kappa shape index (κ1) is 18.4. The molecule has 7 heteroatoms. The van der Waals surface area contributed by atoms with Crippen LogP contribution in [0, 0.1) is 0 Å². The molecule has 1 saturated heterocycles. The van der Waals surface area contributed by atoms with Crippen LogP contribution in [-0.4, -0.2) is 55.5 Å². The normalized spacial score (nSPS) is 18.2. The van der Waals surface area contributed by atoms with Crippen LogP contribution in [0.25, 0.3) is 0 Å². The second-order valence-corrected chi connectivity index (χ2v) is 8.46. The van der Waals surface area contributed by atoms with Gasteiger partial charge >= 0.3 is 0 Å². The minimum absolute atomic E-state index is 0.324. The van der Waals surface area contributed by atoms with E-state index in [0.717, 1.165) is 5.56 Å². The van der Waals surface area contributed by atoms with Gasteiger partial charge in [0.05, 0.1) is 11.0 Å². The molecule has 2 aromatic carbocycles. The minimum Gasteiger partial charge on any atom is -0.387 e. The standard InChI is InChI=1S/C18H21ClN2O3S/c19-16-8-6-15(7-9-16)18(22)14-20-10-12-21(13-11-20)25(23,24)17-4-2-1-3-5-17/h1-9,18,22H,10-14H2. The maximum Gasteiger partial charge on any atom is 0.243 e. The molecule has 5 nitrogen and oxygen atoms in total. The molecule has 0 saturated carbocycles. The second-order valence-electron chi connectivity index (χ2n) is 6.09. The van der Waals surface area contributed by atoms with Crippen molar-refractivity contribution in [3.63, 3.8) is 0 Å². The van der Waals surface area contributed by atoms with Crippen molar-refractivity contribution < 1.29 is 13.5 Å². The van der Waals surface area contributed by atoms with Gasteiger partial charge in [-0.3, -0.25) is 4.90 Å². The lowest BCUT2D eigenvalue weighted by atomic mass is 10.1. The molecule has 0 amide bonds. The second kappa shape index (κ2) is 7.85. The molecule has 1 fully saturated rings. The van der Waals surface area contributed by atoms with Gasteiger partial charge in [0, 0.05) is 37.7 Å². The van der Waals surface area contributed by atoms with Gasteiger partial charge in [-0.15, -0.1) is 0 Å². The van der Waals surface area contributed by atoms with Crippen LogP contribution in [0.3, 0.4) is 0 Å². The third-order valence-electron chi connectivity index (χ3n) is 4.40. The lowest BCUT2D eigenvalue weighted by Crippen LogP contribution is -2.49. The zero-order valence-electron chi connectivity index (χ0n) is 13.8. The van der Waals surface area contributed by atoms with Gasteiger partial charge in [-0.25, -0.2) is 8.42 Å². The van der Waals surface area contributed by atoms with Gasteiger partial charge in [0.1, 0.15) is 0 Å². The number of β-amino-alcohol motifs (C(OH)–C–C–N with tert-alkyl or cyclic N) is 1. The Morgan fingerprint density at radius 3 is 2.16 bits per heavy atom. The van der Waals surface area contributed by atoms with Gasteiger partial charge in [-0.2, -0.15) is 4.31 Å². The highest BCUT2D eigenvalue weighted by atomic mass is 35.5. The summed E-state index contributed by atoms with van der Waals surface area (Å²) in [5, 5.41) is 11.0. The Kier molecular flexibility index (Phi) is 5.76. The van der Waals surface area contributed by atoms with Crippen molar-refractivity contribution in [2.75, 3.05) is 32.7 Å². The average Bonchev–Trinajstić information content (AvgIpc) is 2.63. The molecule has 3 rings (SSSR count). The van der Waals surface area contributed by atoms with E-state index in [1.54, 1.807) is 42.5 Å². The molecular weight excluding hydrogens is 360 g/mol. The van der Waals surface area contributed by atoms with E-state index in [4.69, 9.17) is 11.6 Å². The molecule has 1 N–H and O–H groups in total. The van der Waals surface area contributed by atoms with Crippen molar-refractivity contribution in [1.29, 1.82) is 0 Å². The van der Waals surface area contributed by atoms with Crippen LogP contribution < -0.4 is 0 Å². The van der Waals surface area contributed by atoms with Crippen molar-refractivity contribution in [3.8, 4) is 0 Å². The number of nitrogens with zero attached hydrogens (tertiary/aromatic N) is 2. The molecule has 25 heavy (non-hydrogen) atoms. The molecule has 0 aliphatic carbocycles. The number of aliphatic hydroxyl groups is 1. The van der Waals surface area contributed by atoms with Gasteiger partial charge < -0.3 is 5.11 Å². The Morgan fingerprint density at radius 1 is 0.960 bits per heavy atom. The van der Waals surface area contributed by atoms with E-state index < -0.39 is 16.1 Å². The van der Waals surface area contributed by atoms with Gasteiger partial charge in [0.15, 0.2) is 0 Å². The van der Waals surface area contributed by atoms with Crippen molar-refractivity contribution >= 4 is 21.6 Å². The Hall–Kier alpha value is -1.44. The Bertz CT molecular complexity index is 789. The number of hydrogen-bond donors (Lipinski definition) is 1. The predicted molar refractivity (Wildman–Crippen MR) is 98.1 cm³/mol. The number of halogens is 1. The summed E-state index contributed by atoms with van der Waals surface area (Å²) in [5.41, 5.74) is 0.809. The Labute approximate surface area is 153 Å². The zero-order chi connectivity index (χ0) is 17.9. The Morgan fingerprint density at radius 2 is 1.56 bits per heavy atom. The number of benzene rings is 2. The molecular formula is C18H21ClN2O3S. The number of hydrogen-bond acceptors (Lipinski definition) is 4. The zero-order valence-corrected chi connectivity index (χ0v) is 15.3. The van der Waals surface area contributed by atoms with E-state index in [2.05, 4.69) is 4.90 Å². The fourth-order valence-corrected chi connectivity index (χ4v) is 4.50. The molecule has 134 valence electrons. The van der Waals surface area contributed by atoms with Crippen LogP contribution in [0.2, 0.25) is 5.02 Å². The number of piperazine rings is 1. The molecule has 1 atom stereocenters. The minimum atomic E-state index is -3.44. The summed E-state index contributed by atoms with van der Waals surface area (Å²) >= 11 is 5.86. The largest absolute Gasteiger partial charge is 0.387 e. The number of sulfonamides is 1. The van der Waals surface area contributed by atoms with Crippen molar-refractivity contribution in [3.05, 3.63) is 65.2 Å². The summed E-state index contributed by atoms with van der Waals surface area (Å²) in [6.45, 7) is 2.50. The van der Waals surface area contributed by atoms with Gasteiger partial charge in [0.2, 0.25) is 10.0 Å². The molecule has 2 aromatic rings. The third kappa shape index (κ3) is 4.40. The van der Waals surface area contributed by atoms with Gasteiger partial charge in [-0.05, 0) is 29.8 Å². The van der Waals surface area contributed by atoms with Gasteiger partial charge in [-0.1, -0.05) is 41.9 Å². The molecule has 0 aromatic heterocycles. The molecule has 0 spiro atoms. The van der Waals surface area contributed by atoms with E-state index in [0.29, 0.717) is 42.6 Å². The highest BCUT2D eigenvalue weighted by Gasteiger charge is 2.29. The van der Waals surface area contributed by atoms with E-state index in [9.17, 15) is 13.5 Å². The number of rotatable bonds is 5. The molecule has 0 bridgehead atoms. The van der Waals surface area contributed by atoms with E-state index >= 15 is 0 Å². The van der Waals surface area contributed by atoms with Gasteiger partial charge in [0.25, 0.3) is 0 Å². The fourth-order valence-electron chi connectivity index (χ4n) is 2.93. The summed E-state index contributed by atoms with van der Waals surface area (Å²) in [7, 11) is -3.44. The average molecular weight is 381 g/mol. The van der Waals surface area contributed by atoms with E-state index in [1.165, 1.54) is 4.31 Å². The quantitative estimate of drug-likeness (QED) is 0.865. The lowest BCUT2D eigenvalue weighted by Gasteiger charge is -2.35. The molecule has 1 aliphatic heterocycles. The highest BCUT2D eigenvalue weighted by molar-refractivity contribution is 7.89. The van der Waals surface area contributed by atoms with Crippen molar-refractivity contribution in [1.82, 2.24) is 9.21 Å². The third-order valence-corrected chi connectivity index (χ3v) is 6.56. The van der Waals surface area contributed by atoms with Crippen LogP contribution in [-0.2, 0) is 10.0 Å². The SMILES string of the molecule is O=S(=O)(c1ccccc1)N1CCN(CC(O)c2ccc(Cl)cc2)CC1. The maximum absolute atomic E-state index is 12.6. The summed E-state index contributed by atoms with van der Waals surface area (Å²) in [6, 6.07) is 15.6. The first-order chi connectivity index (χ1) is 12.0. The maximum atomic E-state index is 12.6. The van der Waals surface area contributed by atoms with E-state index in [-0.39, 0.29) is 0 Å². The summed E-state index contributed by atoms with van der Waals surface area (Å²) in [4.78, 5) is 2.40. The van der Waals surface area contributed by atoms with Crippen molar-refractivity contribution in [2.45, 2.75) is 11.0 Å². The Balaban J connectivity index is 1.58. The fraction of sp³-hybridized carbons (Fsp3) is 0.333. The summed E-state index contributed by atoms with van der Waals surface area (Å²) in [6.07, 6.45) is -0.616. The molecule has 1 unspecified atom stereocenters. The predicted octanol–water partition coefficient (Wildman–Crippen LogP) is 2.38.